The van der Waals surface area contributed by atoms with Crippen molar-refractivity contribution >= 4 is 57.5 Å². The highest BCUT2D eigenvalue weighted by Gasteiger charge is 2.27. The van der Waals surface area contributed by atoms with Gasteiger partial charge < -0.3 is 0 Å². The highest BCUT2D eigenvalue weighted by atomic mass is 35.5. The van der Waals surface area contributed by atoms with E-state index in [-0.39, 0.29) is 15.2 Å². The fourth-order valence-corrected chi connectivity index (χ4v) is 1.30. The number of aliphatic imine (C=N–C) groups is 1. The normalized spacial score (nSPS) is 25.6. The van der Waals surface area contributed by atoms with Gasteiger partial charge in [0, 0.05) is 0 Å². The summed E-state index contributed by atoms with van der Waals surface area (Å²) in [6.07, 6.45) is 0. The molecule has 0 radical (unpaired) electrons. The molecule has 6 heteroatoms. The second kappa shape index (κ2) is 3.31. The molecule has 0 fully saturated rings. The molecule has 1 unspecified atom stereocenters. The number of nitrogens with zero attached hydrogens (tertiary/aromatic N) is 1. The Kier molecular flexibility index (Phi) is 2.81. The van der Waals surface area contributed by atoms with Crippen LogP contribution in [-0.4, -0.2) is 16.5 Å². The van der Waals surface area contributed by atoms with Crippen LogP contribution in [0.2, 0.25) is 0 Å². The number of hydrogen-bond acceptors (Lipinski definition) is 1. The van der Waals surface area contributed by atoms with Crippen LogP contribution in [0.5, 0.6) is 0 Å². The SMILES string of the molecule is O=C1N=C(Cl)C(Cl)=C(Cl)C1Cl. The summed E-state index contributed by atoms with van der Waals surface area (Å²) in [6.45, 7) is 0. The van der Waals surface area contributed by atoms with E-state index in [0.29, 0.717) is 0 Å². The maximum atomic E-state index is 10.8. The van der Waals surface area contributed by atoms with E-state index in [9.17, 15) is 4.79 Å². The summed E-state index contributed by atoms with van der Waals surface area (Å²) in [6, 6.07) is 0. The lowest BCUT2D eigenvalue weighted by atomic mass is 10.3. The van der Waals surface area contributed by atoms with Gasteiger partial charge in [-0.15, -0.1) is 11.6 Å². The number of dihydropyridines is 1. The maximum Gasteiger partial charge on any atom is 0.270 e. The van der Waals surface area contributed by atoms with E-state index in [1.165, 1.54) is 0 Å². The largest absolute Gasteiger partial charge is 0.270 e. The third-order valence-corrected chi connectivity index (χ3v) is 2.81. The smallest absolute Gasteiger partial charge is 0.270 e. The molecule has 0 saturated carbocycles. The molecule has 0 aliphatic carbocycles. The minimum atomic E-state index is -0.994. The van der Waals surface area contributed by atoms with E-state index in [2.05, 4.69) is 4.99 Å². The lowest BCUT2D eigenvalue weighted by Gasteiger charge is -2.10. The van der Waals surface area contributed by atoms with Crippen molar-refractivity contribution in [2.24, 2.45) is 4.99 Å². The van der Waals surface area contributed by atoms with Crippen molar-refractivity contribution in [3.05, 3.63) is 10.1 Å². The third-order valence-electron chi connectivity index (χ3n) is 1.04. The van der Waals surface area contributed by atoms with E-state index in [1.807, 2.05) is 0 Å². The summed E-state index contributed by atoms with van der Waals surface area (Å²) in [5, 5.41) is -1.04. The lowest BCUT2D eigenvalue weighted by molar-refractivity contribution is -0.116. The number of rotatable bonds is 0. The summed E-state index contributed by atoms with van der Waals surface area (Å²) in [7, 11) is 0. The van der Waals surface area contributed by atoms with Crippen LogP contribution in [-0.2, 0) is 4.79 Å². The molecule has 1 aliphatic rings. The van der Waals surface area contributed by atoms with Gasteiger partial charge in [0.15, 0.2) is 10.5 Å². The third kappa shape index (κ3) is 1.70. The predicted molar refractivity (Wildman–Crippen MR) is 46.7 cm³/mol. The first-order valence-corrected chi connectivity index (χ1v) is 4.08. The molecule has 0 bridgehead atoms. The Labute approximate surface area is 82.8 Å². The Hall–Kier alpha value is 0.240. The number of allylic oxidation sites excluding steroid dienone is 1. The quantitative estimate of drug-likeness (QED) is 0.590. The Morgan fingerprint density at radius 3 is 2.36 bits per heavy atom. The zero-order valence-electron chi connectivity index (χ0n) is 4.94. The van der Waals surface area contributed by atoms with Gasteiger partial charge in [-0.2, -0.15) is 4.99 Å². The van der Waals surface area contributed by atoms with E-state index in [1.54, 1.807) is 0 Å². The number of carbonyl (C=O) groups excluding carboxylic acids is 1. The first kappa shape index (κ1) is 9.33. The fourth-order valence-electron chi connectivity index (χ4n) is 0.521. The molecule has 0 aromatic heterocycles. The standard InChI is InChI=1S/C5HCl4NO/c6-1-2(7)4(9)10-5(11)3(1)8/h3H. The molecule has 0 aromatic rings. The monoisotopic (exact) mass is 231 g/mol. The number of halogens is 4. The maximum absolute atomic E-state index is 10.8. The highest BCUT2D eigenvalue weighted by Crippen LogP contribution is 2.28. The van der Waals surface area contributed by atoms with Crippen molar-refractivity contribution in [1.29, 1.82) is 0 Å². The molecule has 60 valence electrons. The predicted octanol–water partition coefficient (Wildman–Crippen LogP) is 2.46. The van der Waals surface area contributed by atoms with Gasteiger partial charge in [0.05, 0.1) is 10.1 Å². The van der Waals surface area contributed by atoms with Crippen LogP contribution >= 0.6 is 46.4 Å². The number of hydrogen-bond donors (Lipinski definition) is 0. The summed E-state index contributed by atoms with van der Waals surface area (Å²) in [5.41, 5.74) is 0. The molecular weight excluding hydrogens is 232 g/mol. The van der Waals surface area contributed by atoms with Crippen molar-refractivity contribution in [1.82, 2.24) is 0 Å². The number of amides is 1. The Morgan fingerprint density at radius 2 is 1.82 bits per heavy atom. The topological polar surface area (TPSA) is 29.4 Å². The molecule has 1 amide bonds. The van der Waals surface area contributed by atoms with Gasteiger partial charge in [0.1, 0.15) is 0 Å². The van der Waals surface area contributed by atoms with E-state index < -0.39 is 11.3 Å². The van der Waals surface area contributed by atoms with Crippen molar-refractivity contribution in [3.63, 3.8) is 0 Å². The van der Waals surface area contributed by atoms with Crippen LogP contribution in [0.15, 0.2) is 15.1 Å². The molecule has 0 N–H and O–H groups in total. The second-order valence-electron chi connectivity index (χ2n) is 1.77. The molecule has 1 heterocycles. The first-order valence-electron chi connectivity index (χ1n) is 2.51. The molecule has 1 aliphatic heterocycles. The molecular formula is C5HCl4NO. The lowest BCUT2D eigenvalue weighted by Crippen LogP contribution is -2.19. The van der Waals surface area contributed by atoms with Gasteiger partial charge in [-0.05, 0) is 0 Å². The van der Waals surface area contributed by atoms with Gasteiger partial charge in [-0.3, -0.25) is 4.79 Å². The average Bonchev–Trinajstić information content (AvgIpc) is 1.97. The van der Waals surface area contributed by atoms with Crippen LogP contribution in [0.4, 0.5) is 0 Å². The molecule has 1 rings (SSSR count). The first-order chi connectivity index (χ1) is 5.04. The zero-order chi connectivity index (χ0) is 8.59. The van der Waals surface area contributed by atoms with Crippen molar-refractivity contribution in [3.8, 4) is 0 Å². The summed E-state index contributed by atoms with van der Waals surface area (Å²) in [4.78, 5) is 14.1. The van der Waals surface area contributed by atoms with Gasteiger partial charge in [0.2, 0.25) is 0 Å². The van der Waals surface area contributed by atoms with Crippen molar-refractivity contribution < 1.29 is 4.79 Å². The van der Waals surface area contributed by atoms with Gasteiger partial charge in [-0.1, -0.05) is 34.8 Å². The van der Waals surface area contributed by atoms with Crippen LogP contribution in [0.1, 0.15) is 0 Å². The molecule has 11 heavy (non-hydrogen) atoms. The second-order valence-corrected chi connectivity index (χ2v) is 3.34. The van der Waals surface area contributed by atoms with Crippen LogP contribution < -0.4 is 0 Å². The van der Waals surface area contributed by atoms with E-state index in [4.69, 9.17) is 46.4 Å². The molecule has 0 aromatic carbocycles. The van der Waals surface area contributed by atoms with Crippen LogP contribution in [0, 0.1) is 0 Å². The van der Waals surface area contributed by atoms with Crippen molar-refractivity contribution in [2.45, 2.75) is 5.38 Å². The Bertz CT molecular complexity index is 270. The summed E-state index contributed by atoms with van der Waals surface area (Å²) in [5.74, 6) is -0.592. The number of carbonyl (C=O) groups is 1. The summed E-state index contributed by atoms with van der Waals surface area (Å²) >= 11 is 22.0. The Balaban J connectivity index is 3.12. The van der Waals surface area contributed by atoms with Crippen molar-refractivity contribution in [2.75, 3.05) is 0 Å². The van der Waals surface area contributed by atoms with Crippen LogP contribution in [0.3, 0.4) is 0 Å². The molecule has 1 atom stereocenters. The minimum absolute atomic E-state index is 0.0262. The zero-order valence-corrected chi connectivity index (χ0v) is 7.97. The van der Waals surface area contributed by atoms with Crippen LogP contribution in [0.25, 0.3) is 0 Å². The highest BCUT2D eigenvalue weighted by molar-refractivity contribution is 6.78. The minimum Gasteiger partial charge on any atom is -0.270 e. The molecule has 0 spiro atoms. The summed E-state index contributed by atoms with van der Waals surface area (Å²) < 4.78 is 0. The number of alkyl halides is 1. The Morgan fingerprint density at radius 1 is 1.27 bits per heavy atom. The van der Waals surface area contributed by atoms with E-state index in [0.717, 1.165) is 0 Å². The molecule has 0 saturated heterocycles. The van der Waals surface area contributed by atoms with Gasteiger partial charge >= 0.3 is 0 Å². The van der Waals surface area contributed by atoms with E-state index >= 15 is 0 Å². The fraction of sp³-hybridized carbons (Fsp3) is 0.200. The molecule has 2 nitrogen and oxygen atoms in total. The average molecular weight is 233 g/mol. The van der Waals surface area contributed by atoms with Gasteiger partial charge in [0.25, 0.3) is 5.91 Å². The van der Waals surface area contributed by atoms with Gasteiger partial charge in [-0.25, -0.2) is 0 Å².